The second kappa shape index (κ2) is 3.33. The molecule has 12 heavy (non-hydrogen) atoms. The second-order valence-electron chi connectivity index (χ2n) is 2.64. The molecule has 2 N–H and O–H groups in total. The highest BCUT2D eigenvalue weighted by Gasteiger charge is 2.06. The van der Waals surface area contributed by atoms with Gasteiger partial charge in [0, 0.05) is 11.6 Å². The van der Waals surface area contributed by atoms with Gasteiger partial charge in [-0.1, -0.05) is 6.07 Å². The standard InChI is InChI=1S/C9H9FN2/c1-6(12)8-3-2-7(5-11)4-9(8)10/h2-4,6H,12H2,1H3. The number of nitriles is 1. The molecule has 0 aliphatic rings. The van der Waals surface area contributed by atoms with E-state index in [1.54, 1.807) is 19.1 Å². The van der Waals surface area contributed by atoms with E-state index in [4.69, 9.17) is 11.0 Å². The zero-order valence-electron chi connectivity index (χ0n) is 6.71. The number of hydrogen-bond donors (Lipinski definition) is 1. The molecule has 62 valence electrons. The van der Waals surface area contributed by atoms with E-state index in [-0.39, 0.29) is 6.04 Å². The Bertz CT molecular complexity index is 326. The first-order chi connectivity index (χ1) is 5.65. The van der Waals surface area contributed by atoms with Crippen LogP contribution in [0, 0.1) is 17.1 Å². The zero-order valence-corrected chi connectivity index (χ0v) is 6.71. The van der Waals surface area contributed by atoms with Crippen molar-refractivity contribution in [2.75, 3.05) is 0 Å². The van der Waals surface area contributed by atoms with E-state index in [1.807, 2.05) is 6.07 Å². The molecule has 1 unspecified atom stereocenters. The zero-order chi connectivity index (χ0) is 9.14. The van der Waals surface area contributed by atoms with Gasteiger partial charge in [0.25, 0.3) is 0 Å². The summed E-state index contributed by atoms with van der Waals surface area (Å²) in [4.78, 5) is 0. The summed E-state index contributed by atoms with van der Waals surface area (Å²) in [6, 6.07) is 5.81. The average Bonchev–Trinajstić information content (AvgIpc) is 2.03. The van der Waals surface area contributed by atoms with Crippen LogP contribution in [0.15, 0.2) is 18.2 Å². The molecule has 2 nitrogen and oxygen atoms in total. The third-order valence-corrected chi connectivity index (χ3v) is 1.62. The highest BCUT2D eigenvalue weighted by Crippen LogP contribution is 2.15. The van der Waals surface area contributed by atoms with Crippen molar-refractivity contribution in [1.82, 2.24) is 0 Å². The Morgan fingerprint density at radius 1 is 1.58 bits per heavy atom. The van der Waals surface area contributed by atoms with Gasteiger partial charge in [-0.15, -0.1) is 0 Å². The van der Waals surface area contributed by atoms with Crippen molar-refractivity contribution in [1.29, 1.82) is 5.26 Å². The Labute approximate surface area is 70.4 Å². The fourth-order valence-corrected chi connectivity index (χ4v) is 0.966. The second-order valence-corrected chi connectivity index (χ2v) is 2.64. The third-order valence-electron chi connectivity index (χ3n) is 1.62. The summed E-state index contributed by atoms with van der Waals surface area (Å²) in [7, 11) is 0. The van der Waals surface area contributed by atoms with E-state index in [1.165, 1.54) is 6.07 Å². The summed E-state index contributed by atoms with van der Waals surface area (Å²) in [5, 5.41) is 8.44. The monoisotopic (exact) mass is 164 g/mol. The summed E-state index contributed by atoms with van der Waals surface area (Å²) >= 11 is 0. The molecule has 1 aromatic carbocycles. The molecule has 0 heterocycles. The molecule has 3 heteroatoms. The maximum absolute atomic E-state index is 13.1. The summed E-state index contributed by atoms with van der Waals surface area (Å²) < 4.78 is 13.1. The molecule has 0 radical (unpaired) electrons. The van der Waals surface area contributed by atoms with Gasteiger partial charge in [0.1, 0.15) is 5.82 Å². The first-order valence-electron chi connectivity index (χ1n) is 3.60. The molecule has 1 aromatic rings. The smallest absolute Gasteiger partial charge is 0.129 e. The highest BCUT2D eigenvalue weighted by atomic mass is 19.1. The van der Waals surface area contributed by atoms with Crippen molar-refractivity contribution in [2.24, 2.45) is 5.73 Å². The molecular formula is C9H9FN2. The Morgan fingerprint density at radius 3 is 2.67 bits per heavy atom. The normalized spacial score (nSPS) is 12.2. The van der Waals surface area contributed by atoms with E-state index < -0.39 is 5.82 Å². The van der Waals surface area contributed by atoms with E-state index in [2.05, 4.69) is 0 Å². The predicted molar refractivity (Wildman–Crippen MR) is 43.7 cm³/mol. The van der Waals surface area contributed by atoms with Gasteiger partial charge in [0.15, 0.2) is 0 Å². The van der Waals surface area contributed by atoms with Crippen LogP contribution in [-0.2, 0) is 0 Å². The molecule has 0 saturated heterocycles. The number of rotatable bonds is 1. The molecule has 0 fully saturated rings. The van der Waals surface area contributed by atoms with Gasteiger partial charge in [-0.2, -0.15) is 5.26 Å². The minimum Gasteiger partial charge on any atom is -0.324 e. The Kier molecular flexibility index (Phi) is 2.41. The van der Waals surface area contributed by atoms with Gasteiger partial charge in [0.05, 0.1) is 11.6 Å². The maximum Gasteiger partial charge on any atom is 0.129 e. The lowest BCUT2D eigenvalue weighted by Crippen LogP contribution is -2.07. The molecule has 0 aliphatic heterocycles. The summed E-state index contributed by atoms with van der Waals surface area (Å²) in [6.07, 6.45) is 0. The minimum atomic E-state index is -0.413. The number of hydrogen-bond acceptors (Lipinski definition) is 2. The van der Waals surface area contributed by atoms with Crippen LogP contribution in [0.5, 0.6) is 0 Å². The van der Waals surface area contributed by atoms with Crippen LogP contribution in [-0.4, -0.2) is 0 Å². The first-order valence-corrected chi connectivity index (χ1v) is 3.60. The molecule has 0 spiro atoms. The molecular weight excluding hydrogens is 155 g/mol. The number of benzene rings is 1. The highest BCUT2D eigenvalue weighted by molar-refractivity contribution is 5.33. The molecule has 0 aromatic heterocycles. The largest absolute Gasteiger partial charge is 0.324 e. The average molecular weight is 164 g/mol. The molecule has 0 amide bonds. The van der Waals surface area contributed by atoms with Gasteiger partial charge >= 0.3 is 0 Å². The lowest BCUT2D eigenvalue weighted by atomic mass is 10.1. The van der Waals surface area contributed by atoms with Crippen molar-refractivity contribution in [3.63, 3.8) is 0 Å². The predicted octanol–water partition coefficient (Wildman–Crippen LogP) is 1.72. The Morgan fingerprint density at radius 2 is 2.25 bits per heavy atom. The van der Waals surface area contributed by atoms with Gasteiger partial charge in [0.2, 0.25) is 0 Å². The van der Waals surface area contributed by atoms with Crippen LogP contribution in [0.1, 0.15) is 24.1 Å². The number of nitrogens with zero attached hydrogens (tertiary/aromatic N) is 1. The topological polar surface area (TPSA) is 49.8 Å². The third kappa shape index (κ3) is 1.60. The van der Waals surface area contributed by atoms with Gasteiger partial charge < -0.3 is 5.73 Å². The molecule has 0 saturated carbocycles. The van der Waals surface area contributed by atoms with Crippen molar-refractivity contribution in [2.45, 2.75) is 13.0 Å². The van der Waals surface area contributed by atoms with Gasteiger partial charge in [-0.3, -0.25) is 0 Å². The summed E-state index contributed by atoms with van der Waals surface area (Å²) in [5.41, 5.74) is 6.24. The van der Waals surface area contributed by atoms with E-state index >= 15 is 0 Å². The van der Waals surface area contributed by atoms with E-state index in [0.717, 1.165) is 0 Å². The lowest BCUT2D eigenvalue weighted by molar-refractivity contribution is 0.593. The molecule has 0 aliphatic carbocycles. The SMILES string of the molecule is CC(N)c1ccc(C#N)cc1F. The molecule has 0 bridgehead atoms. The van der Waals surface area contributed by atoms with Crippen LogP contribution < -0.4 is 5.73 Å². The summed E-state index contributed by atoms with van der Waals surface area (Å²) in [5.74, 6) is -0.413. The minimum absolute atomic E-state index is 0.317. The van der Waals surface area contributed by atoms with Gasteiger partial charge in [-0.05, 0) is 19.1 Å². The van der Waals surface area contributed by atoms with Crippen LogP contribution in [0.2, 0.25) is 0 Å². The Balaban J connectivity index is 3.14. The van der Waals surface area contributed by atoms with Crippen molar-refractivity contribution in [3.8, 4) is 6.07 Å². The van der Waals surface area contributed by atoms with Crippen LogP contribution >= 0.6 is 0 Å². The molecule has 1 rings (SSSR count). The molecule has 1 atom stereocenters. The van der Waals surface area contributed by atoms with E-state index in [9.17, 15) is 4.39 Å². The van der Waals surface area contributed by atoms with Crippen LogP contribution in [0.4, 0.5) is 4.39 Å². The van der Waals surface area contributed by atoms with Crippen LogP contribution in [0.25, 0.3) is 0 Å². The maximum atomic E-state index is 13.1. The van der Waals surface area contributed by atoms with Crippen molar-refractivity contribution < 1.29 is 4.39 Å². The van der Waals surface area contributed by atoms with Crippen molar-refractivity contribution in [3.05, 3.63) is 35.1 Å². The Hall–Kier alpha value is -1.40. The lowest BCUT2D eigenvalue weighted by Gasteiger charge is -2.05. The fraction of sp³-hybridized carbons (Fsp3) is 0.222. The quantitative estimate of drug-likeness (QED) is 0.687. The number of halogens is 1. The fourth-order valence-electron chi connectivity index (χ4n) is 0.966. The van der Waals surface area contributed by atoms with Gasteiger partial charge in [-0.25, -0.2) is 4.39 Å². The van der Waals surface area contributed by atoms with Crippen molar-refractivity contribution >= 4 is 0 Å². The first kappa shape index (κ1) is 8.69. The van der Waals surface area contributed by atoms with Crippen LogP contribution in [0.3, 0.4) is 0 Å². The summed E-state index contributed by atoms with van der Waals surface area (Å²) in [6.45, 7) is 1.70. The number of nitrogens with two attached hydrogens (primary N) is 1. The van der Waals surface area contributed by atoms with E-state index in [0.29, 0.717) is 11.1 Å².